The second-order valence-electron chi connectivity index (χ2n) is 5.73. The smallest absolute Gasteiger partial charge is 0.226 e. The average Bonchev–Trinajstić information content (AvgIpc) is 2.92. The lowest BCUT2D eigenvalue weighted by Crippen LogP contribution is -2.48. The van der Waals surface area contributed by atoms with Crippen molar-refractivity contribution in [2.75, 3.05) is 38.2 Å². The fourth-order valence-electron chi connectivity index (χ4n) is 3.05. The van der Waals surface area contributed by atoms with E-state index in [1.165, 1.54) is 19.4 Å². The van der Waals surface area contributed by atoms with Crippen molar-refractivity contribution < 1.29 is 9.47 Å². The van der Waals surface area contributed by atoms with Gasteiger partial charge in [0.15, 0.2) is 0 Å². The van der Waals surface area contributed by atoms with Crippen molar-refractivity contribution in [2.45, 2.75) is 38.8 Å². The van der Waals surface area contributed by atoms with Crippen molar-refractivity contribution in [3.63, 3.8) is 0 Å². The number of hydrogen-bond donors (Lipinski definition) is 1. The Morgan fingerprint density at radius 2 is 2.38 bits per heavy atom. The molecule has 0 saturated carbocycles. The molecular weight excluding hydrogens is 268 g/mol. The third kappa shape index (κ3) is 3.63. The normalized spacial score (nSPS) is 25.6. The van der Waals surface area contributed by atoms with Crippen molar-refractivity contribution >= 4 is 5.95 Å². The maximum atomic E-state index is 5.93. The van der Waals surface area contributed by atoms with Gasteiger partial charge in [-0.1, -0.05) is 0 Å². The maximum absolute atomic E-state index is 5.93. The number of fused-ring (bicyclic) bond motifs is 1. The monoisotopic (exact) mass is 292 g/mol. The first-order valence-electron chi connectivity index (χ1n) is 7.82. The van der Waals surface area contributed by atoms with Gasteiger partial charge in [-0.15, -0.1) is 0 Å². The van der Waals surface area contributed by atoms with Crippen molar-refractivity contribution in [3.05, 3.63) is 11.8 Å². The summed E-state index contributed by atoms with van der Waals surface area (Å²) < 4.78 is 11.4. The van der Waals surface area contributed by atoms with E-state index in [1.54, 1.807) is 0 Å². The number of rotatable bonds is 5. The molecule has 6 heteroatoms. The zero-order chi connectivity index (χ0) is 14.7. The van der Waals surface area contributed by atoms with Crippen LogP contribution in [0.15, 0.2) is 6.07 Å². The van der Waals surface area contributed by atoms with E-state index in [2.05, 4.69) is 20.2 Å². The summed E-state index contributed by atoms with van der Waals surface area (Å²) in [6.07, 6.45) is 2.78. The van der Waals surface area contributed by atoms with Crippen LogP contribution in [0.3, 0.4) is 0 Å². The lowest BCUT2D eigenvalue weighted by atomic mass is 10.2. The Labute approximate surface area is 125 Å². The van der Waals surface area contributed by atoms with E-state index in [1.807, 2.05) is 19.9 Å². The van der Waals surface area contributed by atoms with E-state index in [0.29, 0.717) is 24.5 Å². The Morgan fingerprint density at radius 3 is 3.24 bits per heavy atom. The molecular formula is C15H24N4O2. The molecule has 2 fully saturated rings. The number of ether oxygens (including phenoxy) is 2. The fourth-order valence-corrected chi connectivity index (χ4v) is 3.05. The van der Waals surface area contributed by atoms with Crippen LogP contribution in [-0.4, -0.2) is 59.9 Å². The van der Waals surface area contributed by atoms with Crippen LogP contribution in [0.2, 0.25) is 0 Å². The van der Waals surface area contributed by atoms with Crippen LogP contribution in [0.4, 0.5) is 5.95 Å². The summed E-state index contributed by atoms with van der Waals surface area (Å²) in [5.41, 5.74) is 0.903. The summed E-state index contributed by atoms with van der Waals surface area (Å²) in [6.45, 7) is 8.30. The predicted octanol–water partition coefficient (Wildman–Crippen LogP) is 1.46. The van der Waals surface area contributed by atoms with Gasteiger partial charge in [-0.05, 0) is 33.2 Å². The van der Waals surface area contributed by atoms with E-state index in [9.17, 15) is 0 Å². The number of nitrogens with zero attached hydrogens (tertiary/aromatic N) is 3. The van der Waals surface area contributed by atoms with Crippen LogP contribution in [-0.2, 0) is 4.74 Å². The predicted molar refractivity (Wildman–Crippen MR) is 80.8 cm³/mol. The number of hydrogen-bond acceptors (Lipinski definition) is 6. The molecule has 6 nitrogen and oxygen atoms in total. The molecule has 2 atom stereocenters. The molecule has 21 heavy (non-hydrogen) atoms. The molecule has 0 aliphatic carbocycles. The first-order chi connectivity index (χ1) is 10.2. The van der Waals surface area contributed by atoms with Gasteiger partial charge in [-0.25, -0.2) is 4.98 Å². The molecule has 0 aromatic carbocycles. The third-order valence-electron chi connectivity index (χ3n) is 4.07. The van der Waals surface area contributed by atoms with Crippen LogP contribution in [0, 0.1) is 6.92 Å². The number of aromatic nitrogens is 2. The number of nitrogens with one attached hydrogen (secondary N) is 1. The highest BCUT2D eigenvalue weighted by Gasteiger charge is 2.32. The van der Waals surface area contributed by atoms with E-state index < -0.39 is 0 Å². The summed E-state index contributed by atoms with van der Waals surface area (Å²) in [6, 6.07) is 2.49. The Morgan fingerprint density at radius 1 is 1.48 bits per heavy atom. The van der Waals surface area contributed by atoms with E-state index in [0.717, 1.165) is 25.4 Å². The van der Waals surface area contributed by atoms with Crippen LogP contribution in [0.5, 0.6) is 5.88 Å². The van der Waals surface area contributed by atoms with Crippen LogP contribution < -0.4 is 10.1 Å². The highest BCUT2D eigenvalue weighted by molar-refractivity contribution is 5.30. The third-order valence-corrected chi connectivity index (χ3v) is 4.07. The molecule has 0 spiro atoms. The van der Waals surface area contributed by atoms with Crippen molar-refractivity contribution in [2.24, 2.45) is 0 Å². The van der Waals surface area contributed by atoms with Gasteiger partial charge in [0.1, 0.15) is 0 Å². The molecule has 2 aliphatic heterocycles. The van der Waals surface area contributed by atoms with Crippen molar-refractivity contribution in [1.29, 1.82) is 0 Å². The van der Waals surface area contributed by atoms with Gasteiger partial charge in [-0.2, -0.15) is 4.98 Å². The molecule has 3 heterocycles. The Bertz CT molecular complexity index is 483. The molecule has 1 N–H and O–H groups in total. The quantitative estimate of drug-likeness (QED) is 0.886. The van der Waals surface area contributed by atoms with E-state index in [-0.39, 0.29) is 6.10 Å². The SMILES string of the molecule is CCOc1cc(C)nc(NCC2CN3CCCC3CO2)n1. The van der Waals surface area contributed by atoms with E-state index >= 15 is 0 Å². The molecule has 2 saturated heterocycles. The minimum Gasteiger partial charge on any atom is -0.478 e. The molecule has 0 bridgehead atoms. The van der Waals surface area contributed by atoms with Gasteiger partial charge in [0.2, 0.25) is 11.8 Å². The summed E-state index contributed by atoms with van der Waals surface area (Å²) in [5, 5.41) is 3.28. The molecule has 0 radical (unpaired) electrons. The summed E-state index contributed by atoms with van der Waals surface area (Å²) in [5.74, 6) is 1.24. The lowest BCUT2D eigenvalue weighted by molar-refractivity contribution is -0.0416. The Kier molecular flexibility index (Phi) is 4.55. The minimum atomic E-state index is 0.207. The van der Waals surface area contributed by atoms with Crippen molar-refractivity contribution in [1.82, 2.24) is 14.9 Å². The summed E-state index contributed by atoms with van der Waals surface area (Å²) in [7, 11) is 0. The number of morpholine rings is 1. The highest BCUT2D eigenvalue weighted by Crippen LogP contribution is 2.22. The van der Waals surface area contributed by atoms with E-state index in [4.69, 9.17) is 9.47 Å². The highest BCUT2D eigenvalue weighted by atomic mass is 16.5. The standard InChI is InChI=1S/C15H24N4O2/c1-3-20-14-7-11(2)17-15(18-14)16-8-13-9-19-6-4-5-12(19)10-21-13/h7,12-13H,3-6,8-10H2,1-2H3,(H,16,17,18). The second-order valence-corrected chi connectivity index (χ2v) is 5.73. The van der Waals surface area contributed by atoms with Crippen molar-refractivity contribution in [3.8, 4) is 5.88 Å². The first-order valence-corrected chi connectivity index (χ1v) is 7.82. The second kappa shape index (κ2) is 6.58. The first kappa shape index (κ1) is 14.5. The van der Waals surface area contributed by atoms with Gasteiger partial charge in [0.25, 0.3) is 0 Å². The lowest BCUT2D eigenvalue weighted by Gasteiger charge is -2.35. The van der Waals surface area contributed by atoms with Gasteiger partial charge in [0, 0.05) is 30.9 Å². The molecule has 2 aliphatic rings. The average molecular weight is 292 g/mol. The molecule has 0 amide bonds. The number of aryl methyl sites for hydroxylation is 1. The van der Waals surface area contributed by atoms with Gasteiger partial charge < -0.3 is 14.8 Å². The number of anilines is 1. The molecule has 1 aromatic rings. The van der Waals surface area contributed by atoms with Gasteiger partial charge >= 0.3 is 0 Å². The molecule has 2 unspecified atom stereocenters. The van der Waals surface area contributed by atoms with Gasteiger partial charge in [0.05, 0.1) is 19.3 Å². The Hall–Kier alpha value is -1.40. The molecule has 1 aromatic heterocycles. The summed E-state index contributed by atoms with van der Waals surface area (Å²) in [4.78, 5) is 11.3. The van der Waals surface area contributed by atoms with Gasteiger partial charge in [-0.3, -0.25) is 4.90 Å². The van der Waals surface area contributed by atoms with Crippen LogP contribution >= 0.6 is 0 Å². The maximum Gasteiger partial charge on any atom is 0.226 e. The van der Waals surface area contributed by atoms with Crippen LogP contribution in [0.1, 0.15) is 25.5 Å². The topological polar surface area (TPSA) is 59.5 Å². The van der Waals surface area contributed by atoms with Crippen LogP contribution in [0.25, 0.3) is 0 Å². The Balaban J connectivity index is 1.55. The molecule has 116 valence electrons. The minimum absolute atomic E-state index is 0.207. The zero-order valence-corrected chi connectivity index (χ0v) is 12.8. The summed E-state index contributed by atoms with van der Waals surface area (Å²) >= 11 is 0. The fraction of sp³-hybridized carbons (Fsp3) is 0.733. The zero-order valence-electron chi connectivity index (χ0n) is 12.8. The largest absolute Gasteiger partial charge is 0.478 e. The molecule has 3 rings (SSSR count).